The van der Waals surface area contributed by atoms with Crippen molar-refractivity contribution in [1.82, 2.24) is 0 Å². The van der Waals surface area contributed by atoms with Gasteiger partial charge in [0.05, 0.1) is 0 Å². The minimum Gasteiger partial charge on any atom is -0.367 e. The normalized spacial score (nSPS) is 11.2. The van der Waals surface area contributed by atoms with Crippen LogP contribution in [0, 0.1) is 0 Å². The maximum atomic E-state index is 10.8. The highest BCUT2D eigenvalue weighted by atomic mass is 16.1. The Kier molecular flexibility index (Phi) is 2.12. The summed E-state index contributed by atoms with van der Waals surface area (Å²) in [6, 6.07) is 8.61. The zero-order chi connectivity index (χ0) is 9.19. The summed E-state index contributed by atoms with van der Waals surface area (Å²) >= 11 is 0. The van der Waals surface area contributed by atoms with Crippen LogP contribution in [0.15, 0.2) is 30.3 Å². The predicted octanol–water partition coefficient (Wildman–Crippen LogP) is -0.758. The number of hydrogen-bond donors (Lipinski definition) is 3. The van der Waals surface area contributed by atoms with E-state index in [-0.39, 0.29) is 0 Å². The Hall–Kier alpha value is -1.39. The van der Waals surface area contributed by atoms with E-state index in [0.29, 0.717) is 5.56 Å². The molecule has 0 radical (unpaired) electrons. The lowest BCUT2D eigenvalue weighted by Gasteiger charge is -2.20. The second-order valence-electron chi connectivity index (χ2n) is 2.60. The lowest BCUT2D eigenvalue weighted by Crippen LogP contribution is -2.56. The molecule has 4 heteroatoms. The van der Waals surface area contributed by atoms with E-state index in [9.17, 15) is 4.79 Å². The summed E-state index contributed by atoms with van der Waals surface area (Å²) in [7, 11) is 0. The molecule has 0 aliphatic rings. The smallest absolute Gasteiger partial charge is 0.256 e. The molecule has 0 aliphatic heterocycles. The van der Waals surface area contributed by atoms with Gasteiger partial charge >= 0.3 is 0 Å². The number of nitrogens with two attached hydrogens (primary N) is 3. The number of benzene rings is 1. The zero-order valence-electron chi connectivity index (χ0n) is 6.53. The van der Waals surface area contributed by atoms with Crippen molar-refractivity contribution in [2.75, 3.05) is 0 Å². The summed E-state index contributed by atoms with van der Waals surface area (Å²) in [5, 5.41) is 0. The van der Waals surface area contributed by atoms with Crippen molar-refractivity contribution in [3.8, 4) is 0 Å². The molecule has 0 fully saturated rings. The van der Waals surface area contributed by atoms with Crippen LogP contribution in [-0.4, -0.2) is 5.91 Å². The van der Waals surface area contributed by atoms with Gasteiger partial charge in [0.15, 0.2) is 5.66 Å². The predicted molar refractivity (Wildman–Crippen MR) is 45.7 cm³/mol. The van der Waals surface area contributed by atoms with Gasteiger partial charge in [-0.3, -0.25) is 4.79 Å². The first-order valence-electron chi connectivity index (χ1n) is 3.48. The molecule has 4 nitrogen and oxygen atoms in total. The molecule has 12 heavy (non-hydrogen) atoms. The molecule has 1 rings (SSSR count). The van der Waals surface area contributed by atoms with Gasteiger partial charge in [-0.15, -0.1) is 0 Å². The Balaban J connectivity index is 3.06. The van der Waals surface area contributed by atoms with E-state index >= 15 is 0 Å². The Labute approximate surface area is 70.3 Å². The van der Waals surface area contributed by atoms with Crippen LogP contribution in [0.4, 0.5) is 0 Å². The molecule has 1 aromatic carbocycles. The average molecular weight is 165 g/mol. The van der Waals surface area contributed by atoms with Gasteiger partial charge in [-0.1, -0.05) is 30.3 Å². The molecule has 1 amide bonds. The molecule has 0 aromatic heterocycles. The summed E-state index contributed by atoms with van der Waals surface area (Å²) in [6.45, 7) is 0. The van der Waals surface area contributed by atoms with Crippen LogP contribution in [0.1, 0.15) is 5.56 Å². The monoisotopic (exact) mass is 165 g/mol. The van der Waals surface area contributed by atoms with Gasteiger partial charge in [0, 0.05) is 0 Å². The van der Waals surface area contributed by atoms with Gasteiger partial charge < -0.3 is 17.2 Å². The van der Waals surface area contributed by atoms with Crippen LogP contribution in [-0.2, 0) is 10.5 Å². The first kappa shape index (κ1) is 8.70. The average Bonchev–Trinajstić information content (AvgIpc) is 2.06. The Morgan fingerprint density at radius 1 is 1.17 bits per heavy atom. The van der Waals surface area contributed by atoms with E-state index < -0.39 is 11.6 Å². The molecule has 0 aliphatic carbocycles. The molecule has 0 heterocycles. The molecule has 0 saturated carbocycles. The highest BCUT2D eigenvalue weighted by Crippen LogP contribution is 2.10. The topological polar surface area (TPSA) is 95.1 Å². The van der Waals surface area contributed by atoms with Gasteiger partial charge in [-0.05, 0) is 5.56 Å². The van der Waals surface area contributed by atoms with E-state index in [4.69, 9.17) is 17.2 Å². The molecule has 0 bridgehead atoms. The van der Waals surface area contributed by atoms with Gasteiger partial charge in [-0.25, -0.2) is 0 Å². The third kappa shape index (κ3) is 1.44. The second-order valence-corrected chi connectivity index (χ2v) is 2.60. The van der Waals surface area contributed by atoms with Crippen molar-refractivity contribution < 1.29 is 4.79 Å². The number of amides is 1. The highest BCUT2D eigenvalue weighted by Gasteiger charge is 2.28. The van der Waals surface area contributed by atoms with Crippen molar-refractivity contribution in [2.45, 2.75) is 5.66 Å². The van der Waals surface area contributed by atoms with Crippen LogP contribution in [0.3, 0.4) is 0 Å². The van der Waals surface area contributed by atoms with Crippen molar-refractivity contribution in [3.05, 3.63) is 35.9 Å². The Morgan fingerprint density at radius 3 is 2.08 bits per heavy atom. The minimum atomic E-state index is -1.57. The van der Waals surface area contributed by atoms with Crippen LogP contribution < -0.4 is 17.2 Å². The number of hydrogen-bond acceptors (Lipinski definition) is 3. The maximum absolute atomic E-state index is 10.8. The van der Waals surface area contributed by atoms with Gasteiger partial charge in [-0.2, -0.15) is 0 Å². The number of rotatable bonds is 2. The van der Waals surface area contributed by atoms with Crippen molar-refractivity contribution in [1.29, 1.82) is 0 Å². The lowest BCUT2D eigenvalue weighted by atomic mass is 10.0. The van der Waals surface area contributed by atoms with E-state index in [1.165, 1.54) is 0 Å². The Bertz CT molecular complexity index is 282. The number of carbonyl (C=O) groups excluding carboxylic acids is 1. The fourth-order valence-corrected chi connectivity index (χ4v) is 0.856. The lowest BCUT2D eigenvalue weighted by molar-refractivity contribution is -0.123. The standard InChI is InChI=1S/C8H11N3O/c9-7(12)8(10,11)6-4-2-1-3-5-6/h1-5H,10-11H2,(H2,9,12). The largest absolute Gasteiger partial charge is 0.367 e. The van der Waals surface area contributed by atoms with Crippen molar-refractivity contribution >= 4 is 5.91 Å². The van der Waals surface area contributed by atoms with Crippen molar-refractivity contribution in [3.63, 3.8) is 0 Å². The van der Waals surface area contributed by atoms with Crippen LogP contribution in [0.5, 0.6) is 0 Å². The van der Waals surface area contributed by atoms with E-state index in [1.54, 1.807) is 30.3 Å². The summed E-state index contributed by atoms with van der Waals surface area (Å²) in [5.41, 5.74) is 14.9. The Morgan fingerprint density at radius 2 is 1.67 bits per heavy atom. The van der Waals surface area contributed by atoms with Crippen LogP contribution in [0.2, 0.25) is 0 Å². The zero-order valence-corrected chi connectivity index (χ0v) is 6.53. The third-order valence-corrected chi connectivity index (χ3v) is 1.66. The van der Waals surface area contributed by atoms with Crippen molar-refractivity contribution in [2.24, 2.45) is 17.2 Å². The first-order valence-corrected chi connectivity index (χ1v) is 3.48. The molecule has 0 atom stereocenters. The number of primary amides is 1. The van der Waals surface area contributed by atoms with Gasteiger partial charge in [0.2, 0.25) is 0 Å². The van der Waals surface area contributed by atoms with Gasteiger partial charge in [0.1, 0.15) is 0 Å². The molecular formula is C8H11N3O. The summed E-state index contributed by atoms with van der Waals surface area (Å²) in [6.07, 6.45) is 0. The fourth-order valence-electron chi connectivity index (χ4n) is 0.856. The SMILES string of the molecule is NC(=O)C(N)(N)c1ccccc1. The van der Waals surface area contributed by atoms with E-state index in [1.807, 2.05) is 0 Å². The highest BCUT2D eigenvalue weighted by molar-refractivity contribution is 5.85. The third-order valence-electron chi connectivity index (χ3n) is 1.66. The first-order chi connectivity index (χ1) is 5.55. The van der Waals surface area contributed by atoms with E-state index in [0.717, 1.165) is 0 Å². The maximum Gasteiger partial charge on any atom is 0.256 e. The molecular weight excluding hydrogens is 154 g/mol. The second kappa shape index (κ2) is 2.92. The van der Waals surface area contributed by atoms with E-state index in [2.05, 4.69) is 0 Å². The molecule has 0 saturated heterocycles. The summed E-state index contributed by atoms with van der Waals surface area (Å²) in [5.74, 6) is -0.742. The number of carbonyl (C=O) groups is 1. The van der Waals surface area contributed by atoms with Gasteiger partial charge in [0.25, 0.3) is 5.91 Å². The van der Waals surface area contributed by atoms with Crippen LogP contribution >= 0.6 is 0 Å². The molecule has 1 aromatic rings. The summed E-state index contributed by atoms with van der Waals surface area (Å²) in [4.78, 5) is 10.8. The molecule has 0 spiro atoms. The molecule has 6 N–H and O–H groups in total. The summed E-state index contributed by atoms with van der Waals surface area (Å²) < 4.78 is 0. The minimum absolute atomic E-state index is 0.512. The van der Waals surface area contributed by atoms with Crippen LogP contribution in [0.25, 0.3) is 0 Å². The molecule has 0 unspecified atom stereocenters. The fraction of sp³-hybridized carbons (Fsp3) is 0.125. The molecule has 64 valence electrons. The quantitative estimate of drug-likeness (QED) is 0.503.